The summed E-state index contributed by atoms with van der Waals surface area (Å²) in [7, 11) is 0. The third-order valence-corrected chi connectivity index (χ3v) is 4.50. The molecule has 0 spiro atoms. The molecule has 0 unspecified atom stereocenters. The fraction of sp³-hybridized carbons (Fsp3) is 0.533. The Labute approximate surface area is 131 Å². The van der Waals surface area contributed by atoms with Crippen molar-refractivity contribution in [1.82, 2.24) is 4.90 Å². The number of benzene rings is 1. The molecule has 1 saturated carbocycles. The van der Waals surface area contributed by atoms with Crippen LogP contribution in [0.15, 0.2) is 24.3 Å². The van der Waals surface area contributed by atoms with Gasteiger partial charge in [0.2, 0.25) is 5.91 Å². The van der Waals surface area contributed by atoms with Crippen molar-refractivity contribution < 1.29 is 22.9 Å². The van der Waals surface area contributed by atoms with E-state index in [0.29, 0.717) is 10.9 Å². The molecule has 5 heteroatoms. The summed E-state index contributed by atoms with van der Waals surface area (Å²) in [5.41, 5.74) is 4.72. The number of likely N-dealkylation sites (N-methyl/N-ethyl adjacent to an activating group) is 1. The summed E-state index contributed by atoms with van der Waals surface area (Å²) in [4.78, 5) is 14.7. The second kappa shape index (κ2) is 6.79. The molecule has 0 aromatic heterocycles. The number of quaternary nitrogens is 1. The second-order valence-electron chi connectivity index (χ2n) is 5.15. The minimum atomic E-state index is -0.349. The van der Waals surface area contributed by atoms with Crippen molar-refractivity contribution >= 4 is 17.5 Å². The van der Waals surface area contributed by atoms with E-state index in [1.54, 1.807) is 0 Å². The van der Waals surface area contributed by atoms with E-state index in [2.05, 4.69) is 5.73 Å². The Kier molecular flexibility index (Phi) is 5.87. The van der Waals surface area contributed by atoms with E-state index in [4.69, 9.17) is 11.6 Å². The number of carbonyl (C=O) groups is 1. The summed E-state index contributed by atoms with van der Waals surface area (Å²) in [5.74, 6) is 0.607. The van der Waals surface area contributed by atoms with Crippen LogP contribution >= 0.6 is 11.6 Å². The molecular weight excluding hydrogens is 295 g/mol. The van der Waals surface area contributed by atoms with E-state index in [0.717, 1.165) is 31.6 Å². The predicted molar refractivity (Wildman–Crippen MR) is 76.9 cm³/mol. The summed E-state index contributed by atoms with van der Waals surface area (Å²) in [6, 6.07) is 7.71. The lowest BCUT2D eigenvalue weighted by Gasteiger charge is -2.26. The maximum atomic E-state index is 12.8. The normalized spacial score (nSPS) is 23.9. The maximum absolute atomic E-state index is 12.8. The van der Waals surface area contributed by atoms with Crippen molar-refractivity contribution in [2.24, 2.45) is 5.92 Å². The van der Waals surface area contributed by atoms with E-state index in [1.807, 2.05) is 43.0 Å². The van der Waals surface area contributed by atoms with Gasteiger partial charge in [-0.05, 0) is 38.0 Å². The molecule has 1 amide bonds. The average molecular weight is 317 g/mol. The summed E-state index contributed by atoms with van der Waals surface area (Å²) in [6.45, 7) is 6.37. The molecule has 0 radical (unpaired) electrons. The molecule has 3 N–H and O–H groups in total. The van der Waals surface area contributed by atoms with Crippen LogP contribution in [0.25, 0.3) is 0 Å². The van der Waals surface area contributed by atoms with Gasteiger partial charge in [0.25, 0.3) is 0 Å². The van der Waals surface area contributed by atoms with Crippen molar-refractivity contribution in [2.45, 2.75) is 25.7 Å². The largest absolute Gasteiger partial charge is 1.00 e. The number of hydrogen-bond acceptors (Lipinski definition) is 1. The van der Waals surface area contributed by atoms with Gasteiger partial charge in [0.15, 0.2) is 0 Å². The zero-order chi connectivity index (χ0) is 14.0. The van der Waals surface area contributed by atoms with Gasteiger partial charge in [-0.1, -0.05) is 23.7 Å². The van der Waals surface area contributed by atoms with E-state index >= 15 is 0 Å². The second-order valence-corrected chi connectivity index (χ2v) is 5.58. The third-order valence-electron chi connectivity index (χ3n) is 4.25. The topological polar surface area (TPSA) is 48.0 Å². The molecule has 2 rings (SSSR count). The van der Waals surface area contributed by atoms with Crippen molar-refractivity contribution in [3.05, 3.63) is 34.9 Å². The van der Waals surface area contributed by atoms with Gasteiger partial charge in [-0.25, -0.2) is 0 Å². The predicted octanol–water partition coefficient (Wildman–Crippen LogP) is -1.29. The molecule has 1 aliphatic rings. The van der Waals surface area contributed by atoms with E-state index < -0.39 is 0 Å². The van der Waals surface area contributed by atoms with Crippen molar-refractivity contribution in [2.75, 3.05) is 19.6 Å². The van der Waals surface area contributed by atoms with Gasteiger partial charge in [-0.2, -0.15) is 0 Å². The lowest BCUT2D eigenvalue weighted by molar-refractivity contribution is -0.373. The van der Waals surface area contributed by atoms with Gasteiger partial charge in [0.05, 0.1) is 12.0 Å². The lowest BCUT2D eigenvalue weighted by atomic mass is 9.91. The smallest absolute Gasteiger partial charge is 0.233 e. The van der Waals surface area contributed by atoms with E-state index in [-0.39, 0.29) is 23.7 Å². The molecule has 1 fully saturated rings. The number of carbonyl (C=O) groups excluding carboxylic acids is 1. The highest BCUT2D eigenvalue weighted by Gasteiger charge is 2.62. The highest BCUT2D eigenvalue weighted by molar-refractivity contribution is 6.30. The van der Waals surface area contributed by atoms with Crippen LogP contribution in [0.1, 0.15) is 25.8 Å². The molecular formula is C15H22Cl2N2O. The molecule has 20 heavy (non-hydrogen) atoms. The Morgan fingerprint density at radius 1 is 1.35 bits per heavy atom. The Morgan fingerprint density at radius 2 is 1.90 bits per heavy atom. The van der Waals surface area contributed by atoms with Crippen molar-refractivity contribution in [1.29, 1.82) is 0 Å². The van der Waals surface area contributed by atoms with Crippen LogP contribution in [0.4, 0.5) is 0 Å². The highest BCUT2D eigenvalue weighted by atomic mass is 35.5. The first-order valence-corrected chi connectivity index (χ1v) is 7.32. The molecule has 1 aromatic carbocycles. The van der Waals surface area contributed by atoms with Gasteiger partial charge < -0.3 is 23.0 Å². The molecule has 1 aliphatic carbocycles. The van der Waals surface area contributed by atoms with Gasteiger partial charge in [-0.3, -0.25) is 4.79 Å². The minimum absolute atomic E-state index is 0. The first-order chi connectivity index (χ1) is 9.09. The Morgan fingerprint density at radius 3 is 2.30 bits per heavy atom. The monoisotopic (exact) mass is 316 g/mol. The number of amides is 1. The van der Waals surface area contributed by atoms with E-state index in [1.165, 1.54) is 0 Å². The highest BCUT2D eigenvalue weighted by Crippen LogP contribution is 2.54. The molecule has 0 heterocycles. The standard InChI is InChI=1S/C15H21ClN2O.ClH/c1-3-18(4-2)14(19)15(9-12(15)10-17)11-5-7-13(16)8-6-11;/h5-8,12H,3-4,9-10,17H2,1-2H3;1H/t12-,15+;/m1./s1. The first kappa shape index (κ1) is 17.3. The molecule has 0 bridgehead atoms. The molecule has 3 nitrogen and oxygen atoms in total. The third kappa shape index (κ3) is 2.80. The summed E-state index contributed by atoms with van der Waals surface area (Å²) in [5, 5.41) is 0.709. The van der Waals surface area contributed by atoms with Crippen LogP contribution in [0.2, 0.25) is 5.02 Å². The van der Waals surface area contributed by atoms with Gasteiger partial charge in [-0.15, -0.1) is 0 Å². The van der Waals surface area contributed by atoms with Crippen LogP contribution in [0.3, 0.4) is 0 Å². The van der Waals surface area contributed by atoms with Crippen LogP contribution in [-0.4, -0.2) is 30.4 Å². The summed E-state index contributed by atoms with van der Waals surface area (Å²) < 4.78 is 0. The number of hydrogen-bond donors (Lipinski definition) is 1. The lowest BCUT2D eigenvalue weighted by Crippen LogP contribution is -3.00. The SMILES string of the molecule is CCN(CC)C(=O)[C@]1(c2ccc(Cl)cc2)C[C@@H]1C[NH3+].[Cl-]. The molecule has 2 atom stereocenters. The van der Waals surface area contributed by atoms with Crippen molar-refractivity contribution in [3.63, 3.8) is 0 Å². The summed E-state index contributed by atoms with van der Waals surface area (Å²) >= 11 is 5.94. The average Bonchev–Trinajstić information content (AvgIpc) is 3.16. The quantitative estimate of drug-likeness (QED) is 0.722. The zero-order valence-electron chi connectivity index (χ0n) is 12.0. The number of nitrogens with zero attached hydrogens (tertiary/aromatic N) is 1. The van der Waals surface area contributed by atoms with Gasteiger partial charge in [0, 0.05) is 24.0 Å². The van der Waals surface area contributed by atoms with Crippen LogP contribution in [0, 0.1) is 5.92 Å². The van der Waals surface area contributed by atoms with E-state index in [9.17, 15) is 4.79 Å². The number of halogens is 2. The summed E-state index contributed by atoms with van der Waals surface area (Å²) in [6.07, 6.45) is 0.910. The zero-order valence-corrected chi connectivity index (χ0v) is 13.5. The first-order valence-electron chi connectivity index (χ1n) is 6.94. The maximum Gasteiger partial charge on any atom is 0.233 e. The molecule has 0 saturated heterocycles. The van der Waals surface area contributed by atoms with Gasteiger partial charge in [0.1, 0.15) is 0 Å². The van der Waals surface area contributed by atoms with Gasteiger partial charge >= 0.3 is 0 Å². The fourth-order valence-electron chi connectivity index (χ4n) is 2.96. The number of rotatable bonds is 5. The Bertz CT molecular complexity index is 459. The van der Waals surface area contributed by atoms with Crippen LogP contribution in [0.5, 0.6) is 0 Å². The Hall–Kier alpha value is -0.770. The molecule has 0 aliphatic heterocycles. The molecule has 1 aromatic rings. The minimum Gasteiger partial charge on any atom is -1.00 e. The Balaban J connectivity index is 0.00000200. The fourth-order valence-corrected chi connectivity index (χ4v) is 3.08. The van der Waals surface area contributed by atoms with Crippen LogP contribution in [-0.2, 0) is 10.2 Å². The van der Waals surface area contributed by atoms with Crippen molar-refractivity contribution in [3.8, 4) is 0 Å². The van der Waals surface area contributed by atoms with Crippen LogP contribution < -0.4 is 18.1 Å². The molecule has 112 valence electrons.